The van der Waals surface area contributed by atoms with E-state index in [0.29, 0.717) is 18.8 Å². The Morgan fingerprint density at radius 2 is 2.05 bits per heavy atom. The van der Waals surface area contributed by atoms with Gasteiger partial charge in [-0.3, -0.25) is 4.79 Å². The van der Waals surface area contributed by atoms with Crippen LogP contribution in [-0.4, -0.2) is 38.6 Å². The van der Waals surface area contributed by atoms with Crippen LogP contribution in [0.15, 0.2) is 24.3 Å². The van der Waals surface area contributed by atoms with Crippen LogP contribution in [0.4, 0.5) is 23.2 Å². The number of alkyl halides is 4. The molecule has 4 nitrogen and oxygen atoms in total. The zero-order valence-electron chi connectivity index (χ0n) is 11.2. The summed E-state index contributed by atoms with van der Waals surface area (Å²) in [5.74, 6) is -6.78. The van der Waals surface area contributed by atoms with Crippen molar-refractivity contribution in [3.8, 4) is 0 Å². The minimum atomic E-state index is -4.73. The Bertz CT molecular complexity index is 468. The van der Waals surface area contributed by atoms with Crippen LogP contribution >= 0.6 is 0 Å². The number of rotatable bonds is 8. The third-order valence-electron chi connectivity index (χ3n) is 2.46. The zero-order valence-corrected chi connectivity index (χ0v) is 11.2. The van der Waals surface area contributed by atoms with E-state index in [4.69, 9.17) is 9.47 Å². The minimum Gasteiger partial charge on any atom is -0.382 e. The molecule has 0 aromatic heterocycles. The summed E-state index contributed by atoms with van der Waals surface area (Å²) in [5.41, 5.74) is 0.595. The normalized spacial score (nSPS) is 11.7. The third kappa shape index (κ3) is 5.31. The number of halogens is 4. The molecular weight excluding hydrogens is 294 g/mol. The van der Waals surface area contributed by atoms with Gasteiger partial charge >= 0.3 is 18.3 Å². The number of carbonyl (C=O) groups is 1. The Labute approximate surface area is 119 Å². The maximum atomic E-state index is 12.8. The molecule has 1 aromatic rings. The summed E-state index contributed by atoms with van der Waals surface area (Å²) in [6.07, 6.45) is -4.06. The fourth-order valence-corrected chi connectivity index (χ4v) is 1.38. The van der Waals surface area contributed by atoms with Crippen LogP contribution in [0.3, 0.4) is 0 Å². The van der Waals surface area contributed by atoms with Crippen molar-refractivity contribution in [1.82, 2.24) is 0 Å². The van der Waals surface area contributed by atoms with Crippen molar-refractivity contribution < 1.29 is 31.8 Å². The highest BCUT2D eigenvalue weighted by atomic mass is 19.3. The van der Waals surface area contributed by atoms with Crippen molar-refractivity contribution >= 4 is 11.6 Å². The molecule has 0 atom stereocenters. The van der Waals surface area contributed by atoms with Crippen molar-refractivity contribution in [3.05, 3.63) is 29.8 Å². The van der Waals surface area contributed by atoms with E-state index in [9.17, 15) is 22.4 Å². The fraction of sp³-hybridized carbons (Fsp3) is 0.462. The number of carbonyl (C=O) groups excluding carboxylic acids is 1. The first-order valence-corrected chi connectivity index (χ1v) is 6.01. The molecule has 0 saturated heterocycles. The van der Waals surface area contributed by atoms with E-state index < -0.39 is 18.3 Å². The molecule has 0 radical (unpaired) electrons. The molecule has 0 fully saturated rings. The number of methoxy groups -OCH3 is 1. The SMILES string of the molecule is COCCOCc1cccc(NC(=O)C(F)(F)C(F)F)c1. The van der Waals surface area contributed by atoms with Crippen LogP contribution in [-0.2, 0) is 20.9 Å². The molecule has 0 spiro atoms. The maximum absolute atomic E-state index is 12.8. The average molecular weight is 309 g/mol. The zero-order chi connectivity index (χ0) is 15.9. The van der Waals surface area contributed by atoms with Crippen LogP contribution in [0.5, 0.6) is 0 Å². The van der Waals surface area contributed by atoms with Crippen molar-refractivity contribution in [2.24, 2.45) is 0 Å². The topological polar surface area (TPSA) is 47.6 Å². The molecule has 8 heteroatoms. The summed E-state index contributed by atoms with van der Waals surface area (Å²) in [6, 6.07) is 5.82. The number of hydrogen-bond donors (Lipinski definition) is 1. The number of anilines is 1. The van der Waals surface area contributed by atoms with Gasteiger partial charge in [-0.15, -0.1) is 0 Å². The third-order valence-corrected chi connectivity index (χ3v) is 2.46. The molecule has 0 aliphatic heterocycles. The van der Waals surface area contributed by atoms with Gasteiger partial charge in [0, 0.05) is 12.8 Å². The minimum absolute atomic E-state index is 0.00633. The smallest absolute Gasteiger partial charge is 0.382 e. The van der Waals surface area contributed by atoms with Gasteiger partial charge in [-0.1, -0.05) is 12.1 Å². The standard InChI is InChI=1S/C13H15F4NO3/c1-20-5-6-21-8-9-3-2-4-10(7-9)18-12(19)13(16,17)11(14)15/h2-4,7,11H,5-6,8H2,1H3,(H,18,19). The molecule has 0 saturated carbocycles. The lowest BCUT2D eigenvalue weighted by Gasteiger charge is -2.15. The van der Waals surface area contributed by atoms with Crippen molar-refractivity contribution in [1.29, 1.82) is 0 Å². The van der Waals surface area contributed by atoms with Gasteiger partial charge in [-0.2, -0.15) is 8.78 Å². The summed E-state index contributed by atoms with van der Waals surface area (Å²) in [5, 5.41) is 1.76. The first kappa shape index (κ1) is 17.4. The van der Waals surface area contributed by atoms with E-state index in [-0.39, 0.29) is 12.3 Å². The van der Waals surface area contributed by atoms with Gasteiger partial charge in [0.1, 0.15) is 0 Å². The first-order chi connectivity index (χ1) is 9.87. The van der Waals surface area contributed by atoms with E-state index in [1.54, 1.807) is 11.4 Å². The van der Waals surface area contributed by atoms with Gasteiger partial charge in [0.25, 0.3) is 0 Å². The lowest BCUT2D eigenvalue weighted by molar-refractivity contribution is -0.163. The lowest BCUT2D eigenvalue weighted by atomic mass is 10.2. The molecule has 1 rings (SSSR count). The van der Waals surface area contributed by atoms with Crippen molar-refractivity contribution in [2.75, 3.05) is 25.6 Å². The highest BCUT2D eigenvalue weighted by Gasteiger charge is 2.48. The second kappa shape index (κ2) is 7.94. The summed E-state index contributed by atoms with van der Waals surface area (Å²) in [6.45, 7) is 0.923. The van der Waals surface area contributed by atoms with Crippen LogP contribution in [0.1, 0.15) is 5.56 Å². The second-order valence-corrected chi connectivity index (χ2v) is 4.12. The molecule has 21 heavy (non-hydrogen) atoms. The van der Waals surface area contributed by atoms with Gasteiger partial charge < -0.3 is 14.8 Å². The van der Waals surface area contributed by atoms with E-state index in [1.807, 2.05) is 0 Å². The molecule has 1 N–H and O–H groups in total. The first-order valence-electron chi connectivity index (χ1n) is 6.01. The molecule has 0 bridgehead atoms. The molecular formula is C13H15F4NO3. The number of benzene rings is 1. The molecule has 0 unspecified atom stereocenters. The average Bonchev–Trinajstić information content (AvgIpc) is 2.44. The Morgan fingerprint density at radius 1 is 1.33 bits per heavy atom. The maximum Gasteiger partial charge on any atom is 0.383 e. The number of nitrogens with one attached hydrogen (secondary N) is 1. The Hall–Kier alpha value is -1.67. The van der Waals surface area contributed by atoms with Gasteiger partial charge in [-0.05, 0) is 17.7 Å². The predicted octanol–water partition coefficient (Wildman–Crippen LogP) is 2.69. The van der Waals surface area contributed by atoms with Gasteiger partial charge in [0.2, 0.25) is 0 Å². The molecule has 0 aliphatic carbocycles. The molecule has 0 aliphatic rings. The summed E-state index contributed by atoms with van der Waals surface area (Å²) >= 11 is 0. The van der Waals surface area contributed by atoms with E-state index in [2.05, 4.69) is 0 Å². The van der Waals surface area contributed by atoms with Crippen LogP contribution < -0.4 is 5.32 Å². The number of ether oxygens (including phenoxy) is 2. The predicted molar refractivity (Wildman–Crippen MR) is 67.6 cm³/mol. The largest absolute Gasteiger partial charge is 0.383 e. The van der Waals surface area contributed by atoms with E-state index in [1.165, 1.54) is 25.3 Å². The summed E-state index contributed by atoms with van der Waals surface area (Å²) in [4.78, 5) is 11.1. The highest BCUT2D eigenvalue weighted by molar-refractivity contribution is 5.96. The van der Waals surface area contributed by atoms with Crippen LogP contribution in [0.25, 0.3) is 0 Å². The van der Waals surface area contributed by atoms with Crippen molar-refractivity contribution in [2.45, 2.75) is 19.0 Å². The number of amides is 1. The monoisotopic (exact) mass is 309 g/mol. The number of hydrogen-bond acceptors (Lipinski definition) is 3. The van der Waals surface area contributed by atoms with Gasteiger partial charge in [0.15, 0.2) is 0 Å². The molecule has 118 valence electrons. The lowest BCUT2D eigenvalue weighted by Crippen LogP contribution is -2.40. The van der Waals surface area contributed by atoms with E-state index >= 15 is 0 Å². The quantitative estimate of drug-likeness (QED) is 0.593. The van der Waals surface area contributed by atoms with Crippen LogP contribution in [0, 0.1) is 0 Å². The second-order valence-electron chi connectivity index (χ2n) is 4.12. The fourth-order valence-electron chi connectivity index (χ4n) is 1.38. The summed E-state index contributed by atoms with van der Waals surface area (Å²) < 4.78 is 59.7. The molecule has 1 aromatic carbocycles. The Morgan fingerprint density at radius 3 is 2.67 bits per heavy atom. The highest BCUT2D eigenvalue weighted by Crippen LogP contribution is 2.25. The van der Waals surface area contributed by atoms with Gasteiger partial charge in [-0.25, -0.2) is 8.78 Å². The Kier molecular flexibility index (Phi) is 6.57. The van der Waals surface area contributed by atoms with Gasteiger partial charge in [0.05, 0.1) is 19.8 Å². The van der Waals surface area contributed by atoms with E-state index in [0.717, 1.165) is 0 Å². The molecule has 1 amide bonds. The Balaban J connectivity index is 2.62. The van der Waals surface area contributed by atoms with Crippen molar-refractivity contribution in [3.63, 3.8) is 0 Å². The van der Waals surface area contributed by atoms with Crippen LogP contribution in [0.2, 0.25) is 0 Å². The summed E-state index contributed by atoms with van der Waals surface area (Å²) in [7, 11) is 1.52. The molecule has 0 heterocycles.